The van der Waals surface area contributed by atoms with Gasteiger partial charge >= 0.3 is 0 Å². The molecule has 0 aromatic rings. The molecule has 0 aliphatic rings. The SMILES string of the molecule is CCCCSC[C@@H](O)CO. The molecule has 0 saturated heterocycles. The van der Waals surface area contributed by atoms with Crippen LogP contribution in [-0.4, -0.2) is 34.4 Å². The number of aliphatic hydroxyl groups is 2. The number of rotatable bonds is 6. The van der Waals surface area contributed by atoms with Crippen LogP contribution in [0.3, 0.4) is 0 Å². The standard InChI is InChI=1S/C7H16O2S/c1-2-3-4-10-6-7(9)5-8/h7-9H,2-6H2,1H3/t7-/m0/s1. The van der Waals surface area contributed by atoms with Gasteiger partial charge in [0.1, 0.15) is 0 Å². The predicted molar refractivity (Wildman–Crippen MR) is 45.3 cm³/mol. The molecule has 0 aromatic heterocycles. The van der Waals surface area contributed by atoms with Crippen molar-refractivity contribution in [3.8, 4) is 0 Å². The summed E-state index contributed by atoms with van der Waals surface area (Å²) in [5.41, 5.74) is 0. The third-order valence-corrected chi connectivity index (χ3v) is 2.36. The molecule has 0 heterocycles. The summed E-state index contributed by atoms with van der Waals surface area (Å²) in [4.78, 5) is 0. The van der Waals surface area contributed by atoms with E-state index in [1.165, 1.54) is 12.8 Å². The van der Waals surface area contributed by atoms with Gasteiger partial charge in [-0.25, -0.2) is 0 Å². The lowest BCUT2D eigenvalue weighted by molar-refractivity contribution is 0.113. The first-order valence-electron chi connectivity index (χ1n) is 3.68. The molecule has 0 aliphatic carbocycles. The van der Waals surface area contributed by atoms with E-state index in [1.807, 2.05) is 0 Å². The van der Waals surface area contributed by atoms with Crippen LogP contribution in [0.2, 0.25) is 0 Å². The van der Waals surface area contributed by atoms with E-state index < -0.39 is 6.10 Å². The van der Waals surface area contributed by atoms with Crippen LogP contribution in [0.1, 0.15) is 19.8 Å². The van der Waals surface area contributed by atoms with E-state index in [9.17, 15) is 0 Å². The van der Waals surface area contributed by atoms with Crippen molar-refractivity contribution < 1.29 is 10.2 Å². The Morgan fingerprint density at radius 1 is 1.50 bits per heavy atom. The molecule has 0 aliphatic heterocycles. The highest BCUT2D eigenvalue weighted by Crippen LogP contribution is 2.05. The van der Waals surface area contributed by atoms with Crippen LogP contribution >= 0.6 is 11.8 Å². The van der Waals surface area contributed by atoms with Crippen LogP contribution in [-0.2, 0) is 0 Å². The van der Waals surface area contributed by atoms with Crippen LogP contribution in [0.25, 0.3) is 0 Å². The Labute approximate surface area is 66.6 Å². The molecule has 0 aromatic carbocycles. The Hall–Kier alpha value is 0.270. The molecule has 0 bridgehead atoms. The van der Waals surface area contributed by atoms with E-state index in [-0.39, 0.29) is 6.61 Å². The Bertz CT molecular complexity index is 68.6. The molecule has 0 rings (SSSR count). The summed E-state index contributed by atoms with van der Waals surface area (Å²) in [5.74, 6) is 1.75. The minimum Gasteiger partial charge on any atom is -0.394 e. The van der Waals surface area contributed by atoms with Crippen molar-refractivity contribution in [2.75, 3.05) is 18.1 Å². The molecule has 0 radical (unpaired) electrons. The van der Waals surface area contributed by atoms with E-state index in [2.05, 4.69) is 6.92 Å². The Morgan fingerprint density at radius 2 is 2.20 bits per heavy atom. The quantitative estimate of drug-likeness (QED) is 0.572. The molecule has 0 unspecified atom stereocenters. The van der Waals surface area contributed by atoms with Gasteiger partial charge in [-0.1, -0.05) is 13.3 Å². The molecule has 0 fully saturated rings. The van der Waals surface area contributed by atoms with Crippen LogP contribution in [0.15, 0.2) is 0 Å². The topological polar surface area (TPSA) is 40.5 Å². The van der Waals surface area contributed by atoms with E-state index >= 15 is 0 Å². The lowest BCUT2D eigenvalue weighted by Gasteiger charge is -2.04. The van der Waals surface area contributed by atoms with E-state index in [4.69, 9.17) is 10.2 Å². The van der Waals surface area contributed by atoms with Gasteiger partial charge in [0.05, 0.1) is 12.7 Å². The van der Waals surface area contributed by atoms with Crippen molar-refractivity contribution in [2.45, 2.75) is 25.9 Å². The fourth-order valence-corrected chi connectivity index (χ4v) is 1.56. The minimum absolute atomic E-state index is 0.112. The molecule has 0 amide bonds. The first-order chi connectivity index (χ1) is 4.81. The fourth-order valence-electron chi connectivity index (χ4n) is 0.518. The van der Waals surface area contributed by atoms with Gasteiger partial charge in [0.25, 0.3) is 0 Å². The summed E-state index contributed by atoms with van der Waals surface area (Å²) in [6, 6.07) is 0. The van der Waals surface area contributed by atoms with Crippen molar-refractivity contribution in [3.05, 3.63) is 0 Å². The van der Waals surface area contributed by atoms with Gasteiger partial charge in [-0.3, -0.25) is 0 Å². The van der Waals surface area contributed by atoms with Crippen molar-refractivity contribution in [2.24, 2.45) is 0 Å². The molecule has 2 N–H and O–H groups in total. The maximum absolute atomic E-state index is 8.89. The zero-order chi connectivity index (χ0) is 7.82. The Kier molecular flexibility index (Phi) is 7.58. The first kappa shape index (κ1) is 10.3. The van der Waals surface area contributed by atoms with E-state index in [0.29, 0.717) is 5.75 Å². The van der Waals surface area contributed by atoms with Gasteiger partial charge in [-0.15, -0.1) is 0 Å². The third kappa shape index (κ3) is 6.39. The largest absolute Gasteiger partial charge is 0.394 e. The number of thioether (sulfide) groups is 1. The number of unbranched alkanes of at least 4 members (excludes halogenated alkanes) is 1. The second kappa shape index (κ2) is 7.38. The maximum atomic E-state index is 8.89. The molecular formula is C7H16O2S. The zero-order valence-electron chi connectivity index (χ0n) is 6.42. The lowest BCUT2D eigenvalue weighted by atomic mass is 10.4. The molecular weight excluding hydrogens is 148 g/mol. The highest BCUT2D eigenvalue weighted by atomic mass is 32.2. The van der Waals surface area contributed by atoms with Crippen molar-refractivity contribution in [3.63, 3.8) is 0 Å². The summed E-state index contributed by atoms with van der Waals surface area (Å²) in [5, 5.41) is 17.3. The molecule has 2 nitrogen and oxygen atoms in total. The van der Waals surface area contributed by atoms with Crippen LogP contribution in [0, 0.1) is 0 Å². The molecule has 1 atom stereocenters. The van der Waals surface area contributed by atoms with Crippen LogP contribution in [0.4, 0.5) is 0 Å². The summed E-state index contributed by atoms with van der Waals surface area (Å²) >= 11 is 1.70. The third-order valence-electron chi connectivity index (χ3n) is 1.16. The summed E-state index contributed by atoms with van der Waals surface area (Å²) < 4.78 is 0. The van der Waals surface area contributed by atoms with Gasteiger partial charge in [0.15, 0.2) is 0 Å². The van der Waals surface area contributed by atoms with Gasteiger partial charge in [-0.05, 0) is 12.2 Å². The normalized spacial score (nSPS) is 13.5. The lowest BCUT2D eigenvalue weighted by Crippen LogP contribution is -2.14. The zero-order valence-corrected chi connectivity index (χ0v) is 7.23. The highest BCUT2D eigenvalue weighted by Gasteiger charge is 1.99. The maximum Gasteiger partial charge on any atom is 0.0861 e. The monoisotopic (exact) mass is 164 g/mol. The second-order valence-corrected chi connectivity index (χ2v) is 3.41. The second-order valence-electron chi connectivity index (χ2n) is 2.26. The first-order valence-corrected chi connectivity index (χ1v) is 4.83. The minimum atomic E-state index is -0.526. The molecule has 3 heteroatoms. The van der Waals surface area contributed by atoms with E-state index in [1.54, 1.807) is 11.8 Å². The molecule has 62 valence electrons. The van der Waals surface area contributed by atoms with Crippen molar-refractivity contribution in [1.29, 1.82) is 0 Å². The summed E-state index contributed by atoms with van der Waals surface area (Å²) in [7, 11) is 0. The highest BCUT2D eigenvalue weighted by molar-refractivity contribution is 7.99. The van der Waals surface area contributed by atoms with E-state index in [0.717, 1.165) is 5.75 Å². The average molecular weight is 164 g/mol. The summed E-state index contributed by atoms with van der Waals surface area (Å²) in [6.07, 6.45) is 1.87. The molecule has 0 spiro atoms. The molecule has 10 heavy (non-hydrogen) atoms. The number of hydrogen-bond donors (Lipinski definition) is 2. The predicted octanol–water partition coefficient (Wildman–Crippen LogP) is 0.873. The average Bonchev–Trinajstić information content (AvgIpc) is 1.98. The molecule has 0 saturated carbocycles. The van der Waals surface area contributed by atoms with Gasteiger partial charge in [0.2, 0.25) is 0 Å². The smallest absolute Gasteiger partial charge is 0.0861 e. The summed E-state index contributed by atoms with van der Waals surface area (Å²) in [6.45, 7) is 2.03. The van der Waals surface area contributed by atoms with Crippen molar-refractivity contribution in [1.82, 2.24) is 0 Å². The number of aliphatic hydroxyl groups excluding tert-OH is 2. The van der Waals surface area contributed by atoms with Gasteiger partial charge < -0.3 is 10.2 Å². The fraction of sp³-hybridized carbons (Fsp3) is 1.00. The van der Waals surface area contributed by atoms with Gasteiger partial charge in [0, 0.05) is 5.75 Å². The Balaban J connectivity index is 2.89. The van der Waals surface area contributed by atoms with Gasteiger partial charge in [-0.2, -0.15) is 11.8 Å². The van der Waals surface area contributed by atoms with Crippen LogP contribution < -0.4 is 0 Å². The number of hydrogen-bond acceptors (Lipinski definition) is 3. The van der Waals surface area contributed by atoms with Crippen LogP contribution in [0.5, 0.6) is 0 Å². The Morgan fingerprint density at radius 3 is 2.70 bits per heavy atom. The van der Waals surface area contributed by atoms with Crippen molar-refractivity contribution >= 4 is 11.8 Å².